The summed E-state index contributed by atoms with van der Waals surface area (Å²) in [7, 11) is 1.48. The first-order chi connectivity index (χ1) is 15.0. The molecule has 1 N–H and O–H groups in total. The van der Waals surface area contributed by atoms with E-state index in [1.54, 1.807) is 54.9 Å². The third-order valence-corrected chi connectivity index (χ3v) is 5.12. The summed E-state index contributed by atoms with van der Waals surface area (Å²) in [6.07, 6.45) is 3.19. The molecule has 1 aliphatic heterocycles. The minimum absolute atomic E-state index is 0.0779. The van der Waals surface area contributed by atoms with E-state index in [1.807, 2.05) is 0 Å². The molecular weight excluding hydrogens is 399 g/mol. The number of carbonyl (C=O) groups excluding carboxylic acids is 2. The molecule has 1 saturated heterocycles. The molecule has 0 spiro atoms. The Labute approximate surface area is 178 Å². The Morgan fingerprint density at radius 1 is 1.13 bits per heavy atom. The predicted molar refractivity (Wildman–Crippen MR) is 111 cm³/mol. The van der Waals surface area contributed by atoms with E-state index >= 15 is 0 Å². The smallest absolute Gasteiger partial charge is 0.295 e. The van der Waals surface area contributed by atoms with Crippen LogP contribution in [0.4, 0.5) is 4.39 Å². The van der Waals surface area contributed by atoms with E-state index in [-0.39, 0.29) is 17.9 Å². The molecule has 6 nitrogen and oxygen atoms in total. The Hall–Kier alpha value is -4.00. The van der Waals surface area contributed by atoms with Gasteiger partial charge in [0.15, 0.2) is 0 Å². The summed E-state index contributed by atoms with van der Waals surface area (Å²) in [5.41, 5.74) is 1.30. The molecule has 2 aromatic carbocycles. The van der Waals surface area contributed by atoms with Crippen molar-refractivity contribution in [1.29, 1.82) is 0 Å². The molecule has 0 radical (unpaired) electrons. The van der Waals surface area contributed by atoms with E-state index in [1.165, 1.54) is 30.2 Å². The Morgan fingerprint density at radius 3 is 2.65 bits per heavy atom. The van der Waals surface area contributed by atoms with Crippen LogP contribution in [0.15, 0.2) is 78.6 Å². The van der Waals surface area contributed by atoms with Gasteiger partial charge in [0, 0.05) is 24.5 Å². The summed E-state index contributed by atoms with van der Waals surface area (Å²) in [5.74, 6) is -1.98. The standard InChI is InChI=1S/C24H19FN2O4/c1-31-19-9-3-7-17(12-19)22(28)20-21(16-6-2-8-18(25)11-16)27(24(30)23(20)29)14-15-5-4-10-26-13-15/h2-13,21,28H,14H2,1H3/b22-20+. The highest BCUT2D eigenvalue weighted by Gasteiger charge is 2.46. The number of nitrogens with zero attached hydrogens (tertiary/aromatic N) is 2. The monoisotopic (exact) mass is 418 g/mol. The third-order valence-electron chi connectivity index (χ3n) is 5.12. The second-order valence-electron chi connectivity index (χ2n) is 7.08. The molecule has 1 unspecified atom stereocenters. The van der Waals surface area contributed by atoms with E-state index < -0.39 is 23.5 Å². The molecule has 1 aliphatic rings. The van der Waals surface area contributed by atoms with Gasteiger partial charge in [-0.25, -0.2) is 4.39 Å². The second-order valence-corrected chi connectivity index (χ2v) is 7.08. The minimum Gasteiger partial charge on any atom is -0.507 e. The van der Waals surface area contributed by atoms with Crippen LogP contribution in [0.1, 0.15) is 22.7 Å². The minimum atomic E-state index is -0.956. The van der Waals surface area contributed by atoms with Gasteiger partial charge in [0.05, 0.1) is 18.7 Å². The molecule has 31 heavy (non-hydrogen) atoms. The van der Waals surface area contributed by atoms with Gasteiger partial charge < -0.3 is 14.7 Å². The summed E-state index contributed by atoms with van der Waals surface area (Å²) in [5, 5.41) is 11.0. The van der Waals surface area contributed by atoms with Gasteiger partial charge in [0.25, 0.3) is 11.7 Å². The number of amides is 1. The number of rotatable bonds is 5. The Bertz CT molecular complexity index is 1180. The Morgan fingerprint density at radius 2 is 1.94 bits per heavy atom. The molecule has 0 bridgehead atoms. The summed E-state index contributed by atoms with van der Waals surface area (Å²) in [6, 6.07) is 14.7. The highest BCUT2D eigenvalue weighted by atomic mass is 19.1. The van der Waals surface area contributed by atoms with Crippen molar-refractivity contribution in [2.75, 3.05) is 7.11 Å². The van der Waals surface area contributed by atoms with Gasteiger partial charge in [-0.3, -0.25) is 14.6 Å². The number of pyridine rings is 1. The van der Waals surface area contributed by atoms with Crippen LogP contribution in [-0.4, -0.2) is 33.8 Å². The number of ketones is 1. The van der Waals surface area contributed by atoms with E-state index in [2.05, 4.69) is 4.98 Å². The van der Waals surface area contributed by atoms with E-state index in [0.717, 1.165) is 0 Å². The number of benzene rings is 2. The van der Waals surface area contributed by atoms with Crippen molar-refractivity contribution in [3.05, 3.63) is 101 Å². The molecule has 1 aromatic heterocycles. The van der Waals surface area contributed by atoms with Crippen molar-refractivity contribution in [1.82, 2.24) is 9.88 Å². The van der Waals surface area contributed by atoms with E-state index in [4.69, 9.17) is 4.74 Å². The highest BCUT2D eigenvalue weighted by molar-refractivity contribution is 6.46. The molecular formula is C24H19FN2O4. The third kappa shape index (κ3) is 3.90. The fourth-order valence-electron chi connectivity index (χ4n) is 3.68. The molecule has 4 rings (SSSR count). The van der Waals surface area contributed by atoms with Crippen molar-refractivity contribution in [3.63, 3.8) is 0 Å². The van der Waals surface area contributed by atoms with Gasteiger partial charge in [-0.15, -0.1) is 0 Å². The number of aromatic nitrogens is 1. The lowest BCUT2D eigenvalue weighted by Gasteiger charge is -2.25. The predicted octanol–water partition coefficient (Wildman–Crippen LogP) is 3.85. The maximum Gasteiger partial charge on any atom is 0.295 e. The van der Waals surface area contributed by atoms with Crippen LogP contribution in [0.2, 0.25) is 0 Å². The number of hydrogen-bond donors (Lipinski definition) is 1. The fourth-order valence-corrected chi connectivity index (χ4v) is 3.68. The van der Waals surface area contributed by atoms with E-state index in [9.17, 15) is 19.1 Å². The van der Waals surface area contributed by atoms with Gasteiger partial charge in [0.1, 0.15) is 17.3 Å². The SMILES string of the molecule is COc1cccc(/C(O)=C2\C(=O)C(=O)N(Cc3cccnc3)C2c2cccc(F)c2)c1. The lowest BCUT2D eigenvalue weighted by Crippen LogP contribution is -2.29. The normalized spacial score (nSPS) is 17.7. The Balaban J connectivity index is 1.87. The van der Waals surface area contributed by atoms with Crippen LogP contribution in [0.5, 0.6) is 5.75 Å². The number of ether oxygens (including phenoxy) is 1. The van der Waals surface area contributed by atoms with Crippen molar-refractivity contribution < 1.29 is 23.8 Å². The molecule has 7 heteroatoms. The first-order valence-corrected chi connectivity index (χ1v) is 9.57. The Kier molecular flexibility index (Phi) is 5.49. The summed E-state index contributed by atoms with van der Waals surface area (Å²) >= 11 is 0. The summed E-state index contributed by atoms with van der Waals surface area (Å²) in [6.45, 7) is 0.0779. The second kappa shape index (κ2) is 8.39. The van der Waals surface area contributed by atoms with Gasteiger partial charge >= 0.3 is 0 Å². The van der Waals surface area contributed by atoms with Crippen LogP contribution in [0, 0.1) is 5.82 Å². The maximum atomic E-state index is 14.0. The van der Waals surface area contributed by atoms with Crippen LogP contribution in [0.3, 0.4) is 0 Å². The van der Waals surface area contributed by atoms with Crippen molar-refractivity contribution >= 4 is 17.4 Å². The summed E-state index contributed by atoms with van der Waals surface area (Å²) < 4.78 is 19.2. The topological polar surface area (TPSA) is 79.7 Å². The average molecular weight is 418 g/mol. The fraction of sp³-hybridized carbons (Fsp3) is 0.125. The van der Waals surface area contributed by atoms with Crippen molar-refractivity contribution in [2.45, 2.75) is 12.6 Å². The first kappa shape index (κ1) is 20.3. The molecule has 0 saturated carbocycles. The number of likely N-dealkylation sites (tertiary alicyclic amines) is 1. The molecule has 156 valence electrons. The molecule has 2 heterocycles. The molecule has 0 aliphatic carbocycles. The average Bonchev–Trinajstić information content (AvgIpc) is 3.04. The largest absolute Gasteiger partial charge is 0.507 e. The number of halogens is 1. The number of carbonyl (C=O) groups is 2. The van der Waals surface area contributed by atoms with Gasteiger partial charge in [0.2, 0.25) is 0 Å². The quantitative estimate of drug-likeness (QED) is 0.387. The number of aliphatic hydroxyl groups is 1. The van der Waals surface area contributed by atoms with Gasteiger partial charge in [-0.2, -0.15) is 0 Å². The zero-order valence-electron chi connectivity index (χ0n) is 16.7. The first-order valence-electron chi connectivity index (χ1n) is 9.57. The van der Waals surface area contributed by atoms with Crippen LogP contribution in [0.25, 0.3) is 5.76 Å². The number of methoxy groups -OCH3 is 1. The van der Waals surface area contributed by atoms with Crippen molar-refractivity contribution in [2.24, 2.45) is 0 Å². The molecule has 1 fully saturated rings. The lowest BCUT2D eigenvalue weighted by molar-refractivity contribution is -0.140. The number of Topliss-reactive ketones (excluding diaryl/α,β-unsaturated/α-hetero) is 1. The van der Waals surface area contributed by atoms with Gasteiger partial charge in [-0.1, -0.05) is 30.3 Å². The van der Waals surface area contributed by atoms with Gasteiger partial charge in [-0.05, 0) is 41.5 Å². The van der Waals surface area contributed by atoms with Crippen LogP contribution < -0.4 is 4.74 Å². The molecule has 1 amide bonds. The van der Waals surface area contributed by atoms with Crippen LogP contribution in [-0.2, 0) is 16.1 Å². The molecule has 3 aromatic rings. The zero-order valence-corrected chi connectivity index (χ0v) is 16.7. The number of hydrogen-bond acceptors (Lipinski definition) is 5. The highest BCUT2D eigenvalue weighted by Crippen LogP contribution is 2.40. The van der Waals surface area contributed by atoms with Crippen LogP contribution >= 0.6 is 0 Å². The van der Waals surface area contributed by atoms with Crippen molar-refractivity contribution in [3.8, 4) is 5.75 Å². The zero-order chi connectivity index (χ0) is 22.0. The lowest BCUT2D eigenvalue weighted by atomic mass is 9.95. The maximum absolute atomic E-state index is 14.0. The molecule has 1 atom stereocenters. The number of aliphatic hydroxyl groups excluding tert-OH is 1. The van der Waals surface area contributed by atoms with E-state index in [0.29, 0.717) is 22.4 Å². The summed E-state index contributed by atoms with van der Waals surface area (Å²) in [4.78, 5) is 31.3.